The molecular weight excluding hydrogens is 453 g/mol. The maximum atomic E-state index is 12.8. The molecule has 0 aliphatic heterocycles. The van der Waals surface area contributed by atoms with Crippen molar-refractivity contribution < 1.29 is 22.5 Å². The van der Waals surface area contributed by atoms with Gasteiger partial charge in [0.25, 0.3) is 15.9 Å². The highest BCUT2D eigenvalue weighted by Gasteiger charge is 2.22. The predicted molar refractivity (Wildman–Crippen MR) is 111 cm³/mol. The number of hydrogen-bond acceptors (Lipinski definition) is 7. The molecule has 0 bridgehead atoms. The number of carbonyl (C=O) groups excluding carboxylic acids is 1. The zero-order valence-electron chi connectivity index (χ0n) is 15.9. The van der Waals surface area contributed by atoms with Gasteiger partial charge in [-0.3, -0.25) is 4.72 Å². The third-order valence-electron chi connectivity index (χ3n) is 3.90. The van der Waals surface area contributed by atoms with Crippen molar-refractivity contribution in [3.63, 3.8) is 0 Å². The molecule has 0 amide bonds. The van der Waals surface area contributed by atoms with Crippen molar-refractivity contribution in [3.05, 3.63) is 69.8 Å². The Kier molecular flexibility index (Phi) is 6.64. The van der Waals surface area contributed by atoms with Gasteiger partial charge in [0.1, 0.15) is 4.90 Å². The molecule has 0 spiro atoms. The Bertz CT molecular complexity index is 1180. The van der Waals surface area contributed by atoms with E-state index in [2.05, 4.69) is 14.9 Å². The van der Waals surface area contributed by atoms with Crippen LogP contribution in [0.4, 0.5) is 5.69 Å². The van der Waals surface area contributed by atoms with Gasteiger partial charge in [0.05, 0.1) is 16.3 Å². The van der Waals surface area contributed by atoms with Crippen LogP contribution in [-0.2, 0) is 21.4 Å². The monoisotopic (exact) mass is 469 g/mol. The lowest BCUT2D eigenvalue weighted by atomic mass is 10.2. The van der Waals surface area contributed by atoms with E-state index in [-0.39, 0.29) is 44.6 Å². The first-order valence-corrected chi connectivity index (χ1v) is 11.0. The van der Waals surface area contributed by atoms with E-state index in [0.717, 1.165) is 0 Å². The molecule has 1 aromatic heterocycles. The summed E-state index contributed by atoms with van der Waals surface area (Å²) >= 11 is 11.9. The van der Waals surface area contributed by atoms with E-state index in [1.165, 1.54) is 30.3 Å². The second-order valence-corrected chi connectivity index (χ2v) is 9.00. The number of sulfonamides is 1. The molecule has 8 nitrogen and oxygen atoms in total. The minimum Gasteiger partial charge on any atom is -0.452 e. The van der Waals surface area contributed by atoms with Crippen LogP contribution in [0.2, 0.25) is 10.0 Å². The summed E-state index contributed by atoms with van der Waals surface area (Å²) in [6.07, 6.45) is 0. The van der Waals surface area contributed by atoms with Crippen LogP contribution in [-0.4, -0.2) is 24.5 Å². The lowest BCUT2D eigenvalue weighted by molar-refractivity contribution is 0.0431. The van der Waals surface area contributed by atoms with Gasteiger partial charge < -0.3 is 9.26 Å². The number of benzene rings is 2. The number of hydrogen-bond donors (Lipinski definition) is 1. The van der Waals surface area contributed by atoms with Crippen molar-refractivity contribution in [2.45, 2.75) is 31.3 Å². The molecule has 0 radical (unpaired) electrons. The van der Waals surface area contributed by atoms with E-state index in [1.807, 2.05) is 13.8 Å². The number of esters is 1. The molecular formula is C19H17Cl2N3O5S. The summed E-state index contributed by atoms with van der Waals surface area (Å²) in [4.78, 5) is 16.4. The summed E-state index contributed by atoms with van der Waals surface area (Å²) in [5.74, 6) is -0.0788. The Morgan fingerprint density at radius 3 is 2.63 bits per heavy atom. The third-order valence-corrected chi connectivity index (χ3v) is 5.98. The number of rotatable bonds is 7. The maximum absolute atomic E-state index is 12.8. The van der Waals surface area contributed by atoms with Crippen LogP contribution in [0, 0.1) is 0 Å². The van der Waals surface area contributed by atoms with Gasteiger partial charge in [-0.1, -0.05) is 54.3 Å². The zero-order chi connectivity index (χ0) is 21.9. The number of aromatic nitrogens is 2. The molecule has 0 atom stereocenters. The van der Waals surface area contributed by atoms with Crippen LogP contribution < -0.4 is 4.72 Å². The first-order valence-electron chi connectivity index (χ1n) is 8.74. The lowest BCUT2D eigenvalue weighted by Crippen LogP contribution is -2.17. The number of ether oxygens (including phenoxy) is 1. The third kappa shape index (κ3) is 5.10. The van der Waals surface area contributed by atoms with Crippen LogP contribution in [0.25, 0.3) is 0 Å². The zero-order valence-corrected chi connectivity index (χ0v) is 18.3. The number of halogens is 2. The van der Waals surface area contributed by atoms with E-state index < -0.39 is 16.0 Å². The van der Waals surface area contributed by atoms with Gasteiger partial charge in [-0.2, -0.15) is 4.98 Å². The van der Waals surface area contributed by atoms with Crippen LogP contribution in [0.1, 0.15) is 41.8 Å². The van der Waals surface area contributed by atoms with Gasteiger partial charge in [-0.15, -0.1) is 0 Å². The Morgan fingerprint density at radius 2 is 1.93 bits per heavy atom. The van der Waals surface area contributed by atoms with Crippen molar-refractivity contribution in [2.75, 3.05) is 4.72 Å². The van der Waals surface area contributed by atoms with E-state index in [1.54, 1.807) is 12.1 Å². The molecule has 1 heterocycles. The first-order chi connectivity index (χ1) is 14.2. The maximum Gasteiger partial charge on any atom is 0.340 e. The van der Waals surface area contributed by atoms with Gasteiger partial charge in [0.2, 0.25) is 0 Å². The highest BCUT2D eigenvalue weighted by molar-refractivity contribution is 7.92. The summed E-state index contributed by atoms with van der Waals surface area (Å²) in [6, 6.07) is 10.1. The van der Waals surface area contributed by atoms with Crippen molar-refractivity contribution >= 4 is 44.9 Å². The molecule has 0 fully saturated rings. The summed E-state index contributed by atoms with van der Waals surface area (Å²) in [7, 11) is -4.11. The number of para-hydroxylation sites is 1. The molecule has 30 heavy (non-hydrogen) atoms. The average Bonchev–Trinajstić information content (AvgIpc) is 3.17. The Labute approximate surface area is 183 Å². The molecule has 0 saturated heterocycles. The van der Waals surface area contributed by atoms with Gasteiger partial charge in [0, 0.05) is 10.9 Å². The predicted octanol–water partition coefficient (Wildman–Crippen LogP) is 4.66. The van der Waals surface area contributed by atoms with Crippen molar-refractivity contribution in [3.8, 4) is 0 Å². The van der Waals surface area contributed by atoms with E-state index in [0.29, 0.717) is 5.82 Å². The first kappa shape index (κ1) is 22.1. The SMILES string of the molecule is CC(C)c1noc(COC(=O)c2ccccc2NS(=O)(=O)c2cc(Cl)ccc2Cl)n1. The fourth-order valence-corrected chi connectivity index (χ4v) is 4.24. The highest BCUT2D eigenvalue weighted by Crippen LogP contribution is 2.28. The van der Waals surface area contributed by atoms with Crippen molar-refractivity contribution in [1.82, 2.24) is 10.1 Å². The van der Waals surface area contributed by atoms with E-state index in [9.17, 15) is 13.2 Å². The summed E-state index contributed by atoms with van der Waals surface area (Å²) in [6.45, 7) is 3.55. The quantitative estimate of drug-likeness (QED) is 0.500. The van der Waals surface area contributed by atoms with Crippen LogP contribution in [0.5, 0.6) is 0 Å². The molecule has 0 aliphatic rings. The second kappa shape index (κ2) is 9.03. The number of nitrogens with zero attached hydrogens (tertiary/aromatic N) is 2. The topological polar surface area (TPSA) is 111 Å². The van der Waals surface area contributed by atoms with Gasteiger partial charge >= 0.3 is 5.97 Å². The largest absolute Gasteiger partial charge is 0.452 e. The molecule has 11 heteroatoms. The van der Waals surface area contributed by atoms with Crippen molar-refractivity contribution in [2.24, 2.45) is 0 Å². The normalized spacial score (nSPS) is 11.5. The minimum absolute atomic E-state index is 0.00261. The van der Waals surface area contributed by atoms with Crippen molar-refractivity contribution in [1.29, 1.82) is 0 Å². The minimum atomic E-state index is -4.11. The number of anilines is 1. The average molecular weight is 470 g/mol. The fraction of sp³-hybridized carbons (Fsp3) is 0.211. The van der Waals surface area contributed by atoms with Crippen LogP contribution in [0.3, 0.4) is 0 Å². The Morgan fingerprint density at radius 1 is 1.20 bits per heavy atom. The van der Waals surface area contributed by atoms with Gasteiger partial charge in [-0.25, -0.2) is 13.2 Å². The fourth-order valence-electron chi connectivity index (χ4n) is 2.40. The molecule has 0 unspecified atom stereocenters. The van der Waals surface area contributed by atoms with Crippen LogP contribution in [0.15, 0.2) is 51.9 Å². The summed E-state index contributed by atoms with van der Waals surface area (Å²) in [5, 5.41) is 3.98. The molecule has 2 aromatic carbocycles. The Balaban J connectivity index is 1.79. The molecule has 158 valence electrons. The van der Waals surface area contributed by atoms with Gasteiger partial charge in [-0.05, 0) is 30.3 Å². The van der Waals surface area contributed by atoms with E-state index in [4.69, 9.17) is 32.5 Å². The second-order valence-electron chi connectivity index (χ2n) is 6.50. The number of nitrogens with one attached hydrogen (secondary N) is 1. The standard InChI is InChI=1S/C19H17Cl2N3O5S/c1-11(2)18-22-17(29-23-18)10-28-19(25)13-5-3-4-6-15(13)24-30(26,27)16-9-12(20)7-8-14(16)21/h3-9,11,24H,10H2,1-2H3. The number of carbonyl (C=O) groups is 1. The summed E-state index contributed by atoms with van der Waals surface area (Å²) in [5.41, 5.74) is 0.0229. The van der Waals surface area contributed by atoms with E-state index >= 15 is 0 Å². The molecule has 3 aromatic rings. The molecule has 0 saturated carbocycles. The summed E-state index contributed by atoms with van der Waals surface area (Å²) < 4.78 is 38.1. The molecule has 0 aliphatic carbocycles. The van der Waals surface area contributed by atoms with Crippen LogP contribution >= 0.6 is 23.2 Å². The molecule has 3 rings (SSSR count). The van der Waals surface area contributed by atoms with Gasteiger partial charge in [0.15, 0.2) is 12.4 Å². The molecule has 1 N–H and O–H groups in total. The lowest BCUT2D eigenvalue weighted by Gasteiger charge is -2.13. The Hall–Kier alpha value is -2.62. The highest BCUT2D eigenvalue weighted by atomic mass is 35.5. The smallest absolute Gasteiger partial charge is 0.340 e.